The number of carbonyl (C=O) groups is 1. The molecule has 0 fully saturated rings. The summed E-state index contributed by atoms with van der Waals surface area (Å²) in [5, 5.41) is 2.79. The summed E-state index contributed by atoms with van der Waals surface area (Å²) in [6.07, 6.45) is 1.10. The predicted octanol–water partition coefficient (Wildman–Crippen LogP) is 3.57. The number of rotatable bonds is 9. The van der Waals surface area contributed by atoms with Gasteiger partial charge in [-0.2, -0.15) is 11.8 Å². The first kappa shape index (κ1) is 21.8. The molecule has 1 amide bonds. The molecule has 2 aromatic rings. The SMILES string of the molecule is Cc1ccccc1CSCCNC(=O)CN(c1ccc(Br)cc1)S(C)(=O)=O. The van der Waals surface area contributed by atoms with E-state index in [-0.39, 0.29) is 12.5 Å². The van der Waals surface area contributed by atoms with Crippen LogP contribution in [0, 0.1) is 6.92 Å². The Kier molecular flexibility index (Phi) is 8.19. The van der Waals surface area contributed by atoms with Gasteiger partial charge in [0.2, 0.25) is 15.9 Å². The van der Waals surface area contributed by atoms with E-state index in [1.54, 1.807) is 36.0 Å². The molecule has 0 aromatic heterocycles. The minimum Gasteiger partial charge on any atom is -0.354 e. The van der Waals surface area contributed by atoms with Crippen LogP contribution in [0.25, 0.3) is 0 Å². The van der Waals surface area contributed by atoms with Gasteiger partial charge in [0.25, 0.3) is 0 Å². The molecule has 0 radical (unpaired) electrons. The number of sulfonamides is 1. The molecular weight excluding hydrogens is 448 g/mol. The number of amides is 1. The molecule has 146 valence electrons. The molecule has 0 unspecified atom stereocenters. The summed E-state index contributed by atoms with van der Waals surface area (Å²) in [6, 6.07) is 15.0. The van der Waals surface area contributed by atoms with Gasteiger partial charge in [0.1, 0.15) is 6.54 Å². The van der Waals surface area contributed by atoms with Crippen molar-refractivity contribution >= 4 is 49.3 Å². The first-order valence-electron chi connectivity index (χ1n) is 8.39. The molecule has 0 saturated carbocycles. The number of hydrogen-bond acceptors (Lipinski definition) is 4. The second-order valence-electron chi connectivity index (χ2n) is 6.08. The highest BCUT2D eigenvalue weighted by Crippen LogP contribution is 2.20. The average Bonchev–Trinajstić information content (AvgIpc) is 2.61. The summed E-state index contributed by atoms with van der Waals surface area (Å²) in [6.45, 7) is 2.34. The first-order chi connectivity index (χ1) is 12.8. The standard InChI is InChI=1S/C19H23BrN2O3S2/c1-15-5-3-4-6-16(15)14-26-12-11-21-19(23)13-22(27(2,24)25)18-9-7-17(20)8-10-18/h3-10H,11-14H2,1-2H3,(H,21,23). The molecular formula is C19H23BrN2O3S2. The van der Waals surface area contributed by atoms with E-state index in [4.69, 9.17) is 0 Å². The fraction of sp³-hybridized carbons (Fsp3) is 0.316. The number of nitrogens with one attached hydrogen (secondary N) is 1. The van der Waals surface area contributed by atoms with E-state index in [2.05, 4.69) is 40.3 Å². The molecule has 0 aliphatic heterocycles. The predicted molar refractivity (Wildman–Crippen MR) is 117 cm³/mol. The minimum atomic E-state index is -3.55. The van der Waals surface area contributed by atoms with Crippen LogP contribution >= 0.6 is 27.7 Å². The van der Waals surface area contributed by atoms with Crippen LogP contribution < -0.4 is 9.62 Å². The van der Waals surface area contributed by atoms with E-state index in [0.29, 0.717) is 12.2 Å². The maximum atomic E-state index is 12.2. The van der Waals surface area contributed by atoms with E-state index in [1.165, 1.54) is 11.1 Å². The largest absolute Gasteiger partial charge is 0.354 e. The summed E-state index contributed by atoms with van der Waals surface area (Å²) >= 11 is 5.05. The van der Waals surface area contributed by atoms with Crippen molar-refractivity contribution in [2.75, 3.05) is 29.4 Å². The van der Waals surface area contributed by atoms with Gasteiger partial charge in [-0.1, -0.05) is 40.2 Å². The summed E-state index contributed by atoms with van der Waals surface area (Å²) in [5.41, 5.74) is 3.00. The zero-order chi connectivity index (χ0) is 19.9. The van der Waals surface area contributed by atoms with E-state index >= 15 is 0 Å². The molecule has 0 spiro atoms. The topological polar surface area (TPSA) is 66.5 Å². The van der Waals surface area contributed by atoms with Crippen LogP contribution in [0.4, 0.5) is 5.69 Å². The Bertz CT molecular complexity index is 871. The van der Waals surface area contributed by atoms with Gasteiger partial charge in [-0.15, -0.1) is 0 Å². The lowest BCUT2D eigenvalue weighted by atomic mass is 10.1. The number of anilines is 1. The van der Waals surface area contributed by atoms with E-state index in [0.717, 1.165) is 26.5 Å². The van der Waals surface area contributed by atoms with Crippen molar-refractivity contribution < 1.29 is 13.2 Å². The number of halogens is 1. The molecule has 0 atom stereocenters. The van der Waals surface area contributed by atoms with Gasteiger partial charge in [0.15, 0.2) is 0 Å². The van der Waals surface area contributed by atoms with Crippen LogP contribution in [-0.4, -0.2) is 39.4 Å². The molecule has 5 nitrogen and oxygen atoms in total. The first-order valence-corrected chi connectivity index (χ1v) is 12.2. The fourth-order valence-corrected chi connectivity index (χ4v) is 4.47. The van der Waals surface area contributed by atoms with Crippen molar-refractivity contribution in [3.63, 3.8) is 0 Å². The van der Waals surface area contributed by atoms with Crippen LogP contribution in [-0.2, 0) is 20.6 Å². The van der Waals surface area contributed by atoms with Gasteiger partial charge < -0.3 is 5.32 Å². The monoisotopic (exact) mass is 470 g/mol. The molecule has 1 N–H and O–H groups in total. The number of aryl methyl sites for hydroxylation is 1. The smallest absolute Gasteiger partial charge is 0.240 e. The lowest BCUT2D eigenvalue weighted by molar-refractivity contribution is -0.119. The highest BCUT2D eigenvalue weighted by atomic mass is 79.9. The fourth-order valence-electron chi connectivity index (χ4n) is 2.41. The number of thioether (sulfide) groups is 1. The number of hydrogen-bond donors (Lipinski definition) is 1. The Morgan fingerprint density at radius 3 is 2.44 bits per heavy atom. The van der Waals surface area contributed by atoms with Crippen molar-refractivity contribution in [1.29, 1.82) is 0 Å². The Morgan fingerprint density at radius 2 is 1.81 bits per heavy atom. The van der Waals surface area contributed by atoms with E-state index in [1.807, 2.05) is 12.1 Å². The Hall–Kier alpha value is -1.51. The minimum absolute atomic E-state index is 0.233. The van der Waals surface area contributed by atoms with Gasteiger partial charge in [0, 0.05) is 22.5 Å². The van der Waals surface area contributed by atoms with Crippen molar-refractivity contribution in [2.24, 2.45) is 0 Å². The van der Waals surface area contributed by atoms with E-state index < -0.39 is 10.0 Å². The summed E-state index contributed by atoms with van der Waals surface area (Å²) in [5.74, 6) is 1.33. The van der Waals surface area contributed by atoms with Gasteiger partial charge in [-0.25, -0.2) is 8.42 Å². The number of benzene rings is 2. The van der Waals surface area contributed by atoms with Crippen LogP contribution in [0.3, 0.4) is 0 Å². The quantitative estimate of drug-likeness (QED) is 0.568. The van der Waals surface area contributed by atoms with Crippen LogP contribution in [0.15, 0.2) is 53.0 Å². The third kappa shape index (κ3) is 7.20. The highest BCUT2D eigenvalue weighted by molar-refractivity contribution is 9.10. The highest BCUT2D eigenvalue weighted by Gasteiger charge is 2.20. The lowest BCUT2D eigenvalue weighted by Crippen LogP contribution is -2.41. The average molecular weight is 471 g/mol. The Balaban J connectivity index is 1.82. The van der Waals surface area contributed by atoms with Gasteiger partial charge in [0.05, 0.1) is 11.9 Å². The zero-order valence-corrected chi connectivity index (χ0v) is 18.5. The maximum Gasteiger partial charge on any atom is 0.240 e. The molecule has 2 aromatic carbocycles. The van der Waals surface area contributed by atoms with Crippen molar-refractivity contribution in [3.05, 3.63) is 64.1 Å². The Morgan fingerprint density at radius 1 is 1.15 bits per heavy atom. The Labute approximate surface area is 173 Å². The van der Waals surface area contributed by atoms with Crippen molar-refractivity contribution in [3.8, 4) is 0 Å². The second kappa shape index (κ2) is 10.1. The van der Waals surface area contributed by atoms with E-state index in [9.17, 15) is 13.2 Å². The summed E-state index contributed by atoms with van der Waals surface area (Å²) in [4.78, 5) is 12.2. The van der Waals surface area contributed by atoms with Gasteiger partial charge in [-0.05, 0) is 42.3 Å². The molecule has 0 aliphatic carbocycles. The summed E-state index contributed by atoms with van der Waals surface area (Å²) in [7, 11) is -3.55. The number of nitrogens with zero attached hydrogens (tertiary/aromatic N) is 1. The molecule has 0 saturated heterocycles. The molecule has 0 heterocycles. The zero-order valence-electron chi connectivity index (χ0n) is 15.3. The van der Waals surface area contributed by atoms with Crippen LogP contribution in [0.2, 0.25) is 0 Å². The van der Waals surface area contributed by atoms with Crippen molar-refractivity contribution in [1.82, 2.24) is 5.32 Å². The van der Waals surface area contributed by atoms with Crippen LogP contribution in [0.1, 0.15) is 11.1 Å². The second-order valence-corrected chi connectivity index (χ2v) is 10.0. The van der Waals surface area contributed by atoms with Crippen molar-refractivity contribution in [2.45, 2.75) is 12.7 Å². The maximum absolute atomic E-state index is 12.2. The molecule has 0 aliphatic rings. The van der Waals surface area contributed by atoms with Crippen LogP contribution in [0.5, 0.6) is 0 Å². The molecule has 8 heteroatoms. The van der Waals surface area contributed by atoms with Gasteiger partial charge >= 0.3 is 0 Å². The third-order valence-electron chi connectivity index (χ3n) is 3.89. The molecule has 27 heavy (non-hydrogen) atoms. The lowest BCUT2D eigenvalue weighted by Gasteiger charge is -2.22. The normalized spacial score (nSPS) is 11.2. The molecule has 2 rings (SSSR count). The molecule has 0 bridgehead atoms. The number of carbonyl (C=O) groups excluding carboxylic acids is 1. The summed E-state index contributed by atoms with van der Waals surface area (Å²) < 4.78 is 26.0. The van der Waals surface area contributed by atoms with Gasteiger partial charge in [-0.3, -0.25) is 9.10 Å². The third-order valence-corrected chi connectivity index (χ3v) is 6.57.